The third-order valence-electron chi connectivity index (χ3n) is 6.77. The molecule has 210 valence electrons. The largest absolute Gasteiger partial charge is 0.416 e. The summed E-state index contributed by atoms with van der Waals surface area (Å²) in [6.07, 6.45) is -7.50. The van der Waals surface area contributed by atoms with Crippen LogP contribution in [-0.4, -0.2) is 74.2 Å². The van der Waals surface area contributed by atoms with Crippen LogP contribution in [-0.2, 0) is 16.2 Å². The molecule has 0 aliphatic carbocycles. The minimum atomic E-state index is -4.78. The van der Waals surface area contributed by atoms with E-state index in [1.165, 1.54) is 4.31 Å². The Balaban J connectivity index is 1.51. The van der Waals surface area contributed by atoms with Crippen molar-refractivity contribution in [1.29, 1.82) is 0 Å². The average Bonchev–Trinajstić information content (AvgIpc) is 3.15. The van der Waals surface area contributed by atoms with E-state index in [0.717, 1.165) is 12.5 Å². The molecule has 1 aromatic rings. The normalized spacial score (nSPS) is 22.7. The second-order valence-electron chi connectivity index (χ2n) is 9.62. The molecule has 37 heavy (non-hydrogen) atoms. The van der Waals surface area contributed by atoms with Crippen molar-refractivity contribution in [3.05, 3.63) is 35.1 Å². The van der Waals surface area contributed by atoms with E-state index in [2.05, 4.69) is 10.2 Å². The lowest BCUT2D eigenvalue weighted by Gasteiger charge is -2.29. The fourth-order valence-corrected chi connectivity index (χ4v) is 6.61. The molecule has 1 aromatic carbocycles. The van der Waals surface area contributed by atoms with Crippen LogP contribution in [0.5, 0.6) is 0 Å². The van der Waals surface area contributed by atoms with Gasteiger partial charge in [0.15, 0.2) is 0 Å². The summed E-state index contributed by atoms with van der Waals surface area (Å²) in [6, 6.07) is 1.27. The number of sulfonamides is 1. The van der Waals surface area contributed by atoms with Crippen molar-refractivity contribution < 1.29 is 43.9 Å². The molecule has 2 heterocycles. The van der Waals surface area contributed by atoms with Crippen LogP contribution in [0, 0.1) is 11.7 Å². The molecule has 2 fully saturated rings. The van der Waals surface area contributed by atoms with Gasteiger partial charge in [-0.2, -0.15) is 30.6 Å². The van der Waals surface area contributed by atoms with Crippen LogP contribution in [0.15, 0.2) is 18.2 Å². The molecular weight excluding hydrogens is 531 g/mol. The Labute approximate surface area is 211 Å². The first-order valence-corrected chi connectivity index (χ1v) is 13.7. The van der Waals surface area contributed by atoms with Crippen LogP contribution < -0.4 is 5.32 Å². The van der Waals surface area contributed by atoms with E-state index >= 15 is 0 Å². The first kappa shape index (κ1) is 29.6. The second kappa shape index (κ2) is 11.9. The lowest BCUT2D eigenvalue weighted by atomic mass is 10.0. The standard InChI is InChI=1S/C23H30F7N3O3S/c24-19-12-17(11-18(13-19)23(28,29)30)21(34)31-14-16-3-1-7-32(9-5-16)15-20-4-2-8-33(20)37(35,36)10-6-22(25,26)27/h11-13,16,20H,1-10,14-15H2,(H,31,34)/t16?,20-/m0/s1. The van der Waals surface area contributed by atoms with Crippen molar-refractivity contribution in [3.8, 4) is 0 Å². The first-order valence-electron chi connectivity index (χ1n) is 12.1. The molecule has 2 aliphatic rings. The van der Waals surface area contributed by atoms with Gasteiger partial charge in [0.1, 0.15) is 5.82 Å². The minimum Gasteiger partial charge on any atom is -0.352 e. The Bertz CT molecular complexity index is 1050. The van der Waals surface area contributed by atoms with Crippen LogP contribution >= 0.6 is 0 Å². The molecule has 3 rings (SSSR count). The van der Waals surface area contributed by atoms with Gasteiger partial charge in [-0.05, 0) is 69.3 Å². The van der Waals surface area contributed by atoms with E-state index in [1.807, 2.05) is 0 Å². The zero-order chi connectivity index (χ0) is 27.4. The van der Waals surface area contributed by atoms with Crippen molar-refractivity contribution in [2.75, 3.05) is 38.5 Å². The number of amides is 1. The second-order valence-corrected chi connectivity index (χ2v) is 11.7. The average molecular weight is 562 g/mol. The third-order valence-corrected chi connectivity index (χ3v) is 8.69. The lowest BCUT2D eigenvalue weighted by molar-refractivity contribution is -0.137. The van der Waals surface area contributed by atoms with Crippen molar-refractivity contribution in [2.24, 2.45) is 5.92 Å². The van der Waals surface area contributed by atoms with Crippen LogP contribution in [0.1, 0.15) is 54.4 Å². The van der Waals surface area contributed by atoms with Gasteiger partial charge in [0.2, 0.25) is 10.0 Å². The maximum Gasteiger partial charge on any atom is 0.416 e. The molecule has 6 nitrogen and oxygen atoms in total. The van der Waals surface area contributed by atoms with Gasteiger partial charge in [0.25, 0.3) is 5.91 Å². The van der Waals surface area contributed by atoms with E-state index in [1.54, 1.807) is 0 Å². The number of hydrogen-bond acceptors (Lipinski definition) is 4. The summed E-state index contributed by atoms with van der Waals surface area (Å²) in [5.74, 6) is -2.92. The first-order chi connectivity index (χ1) is 17.1. The quantitative estimate of drug-likeness (QED) is 0.478. The number of rotatable bonds is 8. The zero-order valence-electron chi connectivity index (χ0n) is 20.0. The molecule has 0 spiro atoms. The molecule has 0 radical (unpaired) electrons. The number of alkyl halides is 6. The van der Waals surface area contributed by atoms with Crippen molar-refractivity contribution in [2.45, 2.75) is 56.9 Å². The van der Waals surface area contributed by atoms with Crippen LogP contribution in [0.4, 0.5) is 30.7 Å². The smallest absolute Gasteiger partial charge is 0.352 e. The molecule has 2 aliphatic heterocycles. The number of nitrogens with zero attached hydrogens (tertiary/aromatic N) is 2. The van der Waals surface area contributed by atoms with Gasteiger partial charge in [-0.3, -0.25) is 4.79 Å². The summed E-state index contributed by atoms with van der Waals surface area (Å²) < 4.78 is 116. The third kappa shape index (κ3) is 8.81. The highest BCUT2D eigenvalue weighted by Gasteiger charge is 2.38. The fraction of sp³-hybridized carbons (Fsp3) is 0.696. The number of nitrogens with one attached hydrogen (secondary N) is 1. The van der Waals surface area contributed by atoms with E-state index in [0.29, 0.717) is 57.5 Å². The van der Waals surface area contributed by atoms with Crippen molar-refractivity contribution in [1.82, 2.24) is 14.5 Å². The predicted octanol–water partition coefficient (Wildman–Crippen LogP) is 4.42. The monoisotopic (exact) mass is 561 g/mol. The maximum atomic E-state index is 13.6. The molecule has 0 aromatic heterocycles. The summed E-state index contributed by atoms with van der Waals surface area (Å²) in [4.78, 5) is 14.4. The number of carbonyl (C=O) groups is 1. The molecular formula is C23H30F7N3O3S. The number of benzene rings is 1. The fourth-order valence-electron chi connectivity index (χ4n) is 4.85. The highest BCUT2D eigenvalue weighted by atomic mass is 32.2. The number of halogens is 7. The summed E-state index contributed by atoms with van der Waals surface area (Å²) in [5, 5.41) is 2.57. The van der Waals surface area contributed by atoms with Gasteiger partial charge < -0.3 is 10.2 Å². The summed E-state index contributed by atoms with van der Waals surface area (Å²) in [7, 11) is -4.03. The van der Waals surface area contributed by atoms with E-state index in [4.69, 9.17) is 0 Å². The van der Waals surface area contributed by atoms with Gasteiger partial charge in [-0.1, -0.05) is 0 Å². The van der Waals surface area contributed by atoms with Crippen molar-refractivity contribution >= 4 is 15.9 Å². The molecule has 2 atom stereocenters. The topological polar surface area (TPSA) is 69.7 Å². The molecule has 0 bridgehead atoms. The maximum absolute atomic E-state index is 13.6. The molecule has 1 amide bonds. The summed E-state index contributed by atoms with van der Waals surface area (Å²) in [5.41, 5.74) is -1.67. The van der Waals surface area contributed by atoms with E-state index < -0.39 is 63.4 Å². The van der Waals surface area contributed by atoms with Crippen LogP contribution in [0.3, 0.4) is 0 Å². The van der Waals surface area contributed by atoms with Gasteiger partial charge >= 0.3 is 12.4 Å². The highest BCUT2D eigenvalue weighted by molar-refractivity contribution is 7.89. The predicted molar refractivity (Wildman–Crippen MR) is 122 cm³/mol. The van der Waals surface area contributed by atoms with Gasteiger partial charge in [0, 0.05) is 31.2 Å². The highest BCUT2D eigenvalue weighted by Crippen LogP contribution is 2.31. The Kier molecular flexibility index (Phi) is 9.49. The molecule has 2 saturated heterocycles. The summed E-state index contributed by atoms with van der Waals surface area (Å²) in [6.45, 7) is 2.01. The number of carbonyl (C=O) groups excluding carboxylic acids is 1. The van der Waals surface area contributed by atoms with Crippen LogP contribution in [0.2, 0.25) is 0 Å². The van der Waals surface area contributed by atoms with Crippen LogP contribution in [0.25, 0.3) is 0 Å². The van der Waals surface area contributed by atoms with Crippen molar-refractivity contribution in [3.63, 3.8) is 0 Å². The molecule has 1 N–H and O–H groups in total. The van der Waals surface area contributed by atoms with E-state index in [-0.39, 0.29) is 19.0 Å². The number of likely N-dealkylation sites (tertiary alicyclic amines) is 1. The van der Waals surface area contributed by atoms with Gasteiger partial charge in [-0.15, -0.1) is 0 Å². The van der Waals surface area contributed by atoms with Gasteiger partial charge in [0.05, 0.1) is 17.7 Å². The number of hydrogen-bond donors (Lipinski definition) is 1. The molecule has 1 unspecified atom stereocenters. The minimum absolute atomic E-state index is 0.0137. The molecule has 0 saturated carbocycles. The summed E-state index contributed by atoms with van der Waals surface area (Å²) >= 11 is 0. The lowest BCUT2D eigenvalue weighted by Crippen LogP contribution is -2.44. The Morgan fingerprint density at radius 3 is 2.35 bits per heavy atom. The van der Waals surface area contributed by atoms with Gasteiger partial charge in [-0.25, -0.2) is 12.8 Å². The zero-order valence-corrected chi connectivity index (χ0v) is 20.9. The Hall–Kier alpha value is -1.93. The molecule has 14 heteroatoms. The Morgan fingerprint density at radius 2 is 1.68 bits per heavy atom. The Morgan fingerprint density at radius 1 is 0.973 bits per heavy atom. The van der Waals surface area contributed by atoms with E-state index in [9.17, 15) is 43.9 Å². The SMILES string of the molecule is O=C(NCC1CCCN(C[C@@H]2CCCN2S(=O)(=O)CCC(F)(F)F)CC1)c1cc(F)cc(C(F)(F)F)c1.